The van der Waals surface area contributed by atoms with E-state index in [0.717, 1.165) is 56.1 Å². The van der Waals surface area contributed by atoms with Crippen molar-refractivity contribution in [2.45, 2.75) is 82.3 Å². The van der Waals surface area contributed by atoms with E-state index in [1.165, 1.54) is 16.7 Å². The second-order valence-corrected chi connectivity index (χ2v) is 12.6. The summed E-state index contributed by atoms with van der Waals surface area (Å²) in [5.41, 5.74) is 3.77. The van der Waals surface area contributed by atoms with Gasteiger partial charge in [-0.2, -0.15) is 0 Å². The van der Waals surface area contributed by atoms with Gasteiger partial charge in [-0.3, -0.25) is 9.78 Å². The van der Waals surface area contributed by atoms with Crippen LogP contribution in [0, 0.1) is 22.7 Å². The van der Waals surface area contributed by atoms with Crippen molar-refractivity contribution in [2.24, 2.45) is 22.7 Å². The maximum Gasteiger partial charge on any atom is 0.155 e. The van der Waals surface area contributed by atoms with Crippen molar-refractivity contribution in [1.29, 1.82) is 0 Å². The normalized spacial score (nSPS) is 43.5. The van der Waals surface area contributed by atoms with E-state index in [1.807, 2.05) is 25.3 Å². The lowest BCUT2D eigenvalue weighted by Gasteiger charge is -2.69. The molecule has 2 N–H and O–H groups in total. The summed E-state index contributed by atoms with van der Waals surface area (Å²) in [7, 11) is 0. The molecule has 4 nitrogen and oxygen atoms in total. The van der Waals surface area contributed by atoms with Gasteiger partial charge in [-0.25, -0.2) is 0 Å². The van der Waals surface area contributed by atoms with Gasteiger partial charge in [-0.05, 0) is 104 Å². The molecular formula is C31H35NO3. The minimum absolute atomic E-state index is 0.0399. The largest absolute Gasteiger partial charge is 0.390 e. The van der Waals surface area contributed by atoms with E-state index >= 15 is 0 Å². The van der Waals surface area contributed by atoms with E-state index in [-0.39, 0.29) is 28.4 Å². The molecule has 5 aliphatic rings. The van der Waals surface area contributed by atoms with E-state index in [9.17, 15) is 15.0 Å². The van der Waals surface area contributed by atoms with Crippen molar-refractivity contribution in [3.8, 4) is 11.1 Å². The van der Waals surface area contributed by atoms with E-state index in [4.69, 9.17) is 0 Å². The van der Waals surface area contributed by atoms with Crippen LogP contribution >= 0.6 is 0 Å². The average Bonchev–Trinajstić information content (AvgIpc) is 3.08. The zero-order chi connectivity index (χ0) is 24.2. The number of nitrogens with zero attached hydrogens (tertiary/aromatic N) is 1. The molecule has 1 aromatic heterocycles. The molecule has 0 bridgehead atoms. The van der Waals surface area contributed by atoms with E-state index in [2.05, 4.69) is 36.2 Å². The Kier molecular flexibility index (Phi) is 4.34. The van der Waals surface area contributed by atoms with Crippen molar-refractivity contribution >= 4 is 5.78 Å². The third kappa shape index (κ3) is 2.60. The molecule has 0 amide bonds. The number of carbonyl (C=O) groups excluding carboxylic acids is 1. The van der Waals surface area contributed by atoms with Crippen molar-refractivity contribution in [2.75, 3.05) is 0 Å². The van der Waals surface area contributed by atoms with Crippen LogP contribution in [0.1, 0.15) is 75.8 Å². The van der Waals surface area contributed by atoms with Crippen LogP contribution in [-0.2, 0) is 11.2 Å². The second kappa shape index (κ2) is 6.92. The Balaban J connectivity index is 1.46. The van der Waals surface area contributed by atoms with Crippen LogP contribution in [0.3, 0.4) is 0 Å². The molecule has 3 fully saturated rings. The molecule has 182 valence electrons. The number of aliphatic hydroxyl groups is 2. The zero-order valence-corrected chi connectivity index (χ0v) is 20.8. The highest BCUT2D eigenvalue weighted by Crippen LogP contribution is 2.74. The third-order valence-corrected chi connectivity index (χ3v) is 11.4. The Morgan fingerprint density at radius 1 is 1.00 bits per heavy atom. The predicted octanol–water partition coefficient (Wildman–Crippen LogP) is 5.38. The van der Waals surface area contributed by atoms with Crippen molar-refractivity contribution in [3.63, 3.8) is 0 Å². The monoisotopic (exact) mass is 469 g/mol. The lowest BCUT2D eigenvalue weighted by atomic mass is 9.37. The Labute approximate surface area is 207 Å². The first kappa shape index (κ1) is 21.9. The maximum atomic E-state index is 13.1. The van der Waals surface area contributed by atoms with Gasteiger partial charge in [0.1, 0.15) is 0 Å². The van der Waals surface area contributed by atoms with Crippen LogP contribution in [0.15, 0.2) is 54.4 Å². The standard InChI is InChI=1S/C31H35NO3/c1-28-17-27-24-7-5-19(20-4-3-13-32-18-20)14-21(24)16-30-12-9-23(33)15-22(30)6-8-26(31(27,30)35)25(28)10-11-29(28,2)34/h3-5,7,13-15,18,25-27,34-35H,6,8-12,16-17H2,1-2H3/t25-,26-,27+,28-,29-,30+,31-/m0/s1. The van der Waals surface area contributed by atoms with Gasteiger partial charge < -0.3 is 10.2 Å². The minimum atomic E-state index is -0.870. The first-order valence-corrected chi connectivity index (χ1v) is 13.4. The number of hydrogen-bond acceptors (Lipinski definition) is 4. The Morgan fingerprint density at radius 3 is 2.66 bits per heavy atom. The average molecular weight is 470 g/mol. The number of fused-ring (bicyclic) bond motifs is 4. The molecule has 5 aliphatic carbocycles. The van der Waals surface area contributed by atoms with Crippen LogP contribution in [0.2, 0.25) is 0 Å². The SMILES string of the molecule is C[C@]1(O)CC[C@H]2[C@@H]3CCC4=CC(=O)CC[C@@]45Cc4cc(-c6cccnc6)ccc4[C@@H](C[C@@]21C)[C@@]35O. The van der Waals surface area contributed by atoms with Crippen LogP contribution in [0.4, 0.5) is 0 Å². The molecule has 1 heterocycles. The summed E-state index contributed by atoms with van der Waals surface area (Å²) in [6.45, 7) is 4.31. The first-order valence-electron chi connectivity index (χ1n) is 13.4. The molecule has 0 saturated heterocycles. The summed E-state index contributed by atoms with van der Waals surface area (Å²) >= 11 is 0. The first-order chi connectivity index (χ1) is 16.7. The summed E-state index contributed by atoms with van der Waals surface area (Å²) in [5, 5.41) is 24.6. The van der Waals surface area contributed by atoms with Crippen LogP contribution in [-0.4, -0.2) is 32.2 Å². The van der Waals surface area contributed by atoms with Gasteiger partial charge in [0, 0.05) is 30.1 Å². The fourth-order valence-corrected chi connectivity index (χ4v) is 9.52. The maximum absolute atomic E-state index is 13.1. The number of pyridine rings is 1. The third-order valence-electron chi connectivity index (χ3n) is 11.4. The second-order valence-electron chi connectivity index (χ2n) is 12.6. The van der Waals surface area contributed by atoms with Gasteiger partial charge >= 0.3 is 0 Å². The fraction of sp³-hybridized carbons (Fsp3) is 0.548. The molecule has 7 atom stereocenters. The summed E-state index contributed by atoms with van der Waals surface area (Å²) in [5.74, 6) is 0.633. The molecular weight excluding hydrogens is 434 g/mol. The minimum Gasteiger partial charge on any atom is -0.390 e. The van der Waals surface area contributed by atoms with Crippen molar-refractivity contribution in [1.82, 2.24) is 4.98 Å². The summed E-state index contributed by atoms with van der Waals surface area (Å²) in [6.07, 6.45) is 12.0. The van der Waals surface area contributed by atoms with Gasteiger partial charge in [-0.15, -0.1) is 0 Å². The highest BCUT2D eigenvalue weighted by Gasteiger charge is 2.73. The molecule has 0 radical (unpaired) electrons. The molecule has 0 aliphatic heterocycles. The molecule has 35 heavy (non-hydrogen) atoms. The molecule has 0 unspecified atom stereocenters. The van der Waals surface area contributed by atoms with Gasteiger partial charge in [0.05, 0.1) is 11.2 Å². The molecule has 7 rings (SSSR count). The molecule has 3 saturated carbocycles. The van der Waals surface area contributed by atoms with Crippen molar-refractivity contribution in [3.05, 3.63) is 65.5 Å². The summed E-state index contributed by atoms with van der Waals surface area (Å²) < 4.78 is 0. The summed E-state index contributed by atoms with van der Waals surface area (Å²) in [4.78, 5) is 16.9. The quantitative estimate of drug-likeness (QED) is 0.589. The molecule has 1 spiro atoms. The van der Waals surface area contributed by atoms with Crippen LogP contribution in [0.25, 0.3) is 11.1 Å². The summed E-state index contributed by atoms with van der Waals surface area (Å²) in [6, 6.07) is 10.8. The number of ketones is 1. The number of aromatic nitrogens is 1. The lowest BCUT2D eigenvalue weighted by Crippen LogP contribution is -2.70. The van der Waals surface area contributed by atoms with Gasteiger partial charge in [0.25, 0.3) is 0 Å². The van der Waals surface area contributed by atoms with Crippen molar-refractivity contribution < 1.29 is 15.0 Å². The fourth-order valence-electron chi connectivity index (χ4n) is 9.52. The van der Waals surface area contributed by atoms with E-state index in [1.54, 1.807) is 6.20 Å². The van der Waals surface area contributed by atoms with E-state index < -0.39 is 11.2 Å². The van der Waals surface area contributed by atoms with Gasteiger partial charge in [-0.1, -0.05) is 36.8 Å². The lowest BCUT2D eigenvalue weighted by molar-refractivity contribution is -0.229. The van der Waals surface area contributed by atoms with Gasteiger partial charge in [0.15, 0.2) is 5.78 Å². The molecule has 2 aromatic rings. The predicted molar refractivity (Wildman–Crippen MR) is 135 cm³/mol. The van der Waals surface area contributed by atoms with Gasteiger partial charge in [0.2, 0.25) is 0 Å². The van der Waals surface area contributed by atoms with Crippen LogP contribution < -0.4 is 0 Å². The molecule has 1 aromatic carbocycles. The Bertz CT molecular complexity index is 1270. The highest BCUT2D eigenvalue weighted by atomic mass is 16.3. The van der Waals surface area contributed by atoms with E-state index in [0.29, 0.717) is 12.3 Å². The number of benzene rings is 1. The number of carbonyl (C=O) groups is 1. The topological polar surface area (TPSA) is 70.4 Å². The Morgan fingerprint density at radius 2 is 1.86 bits per heavy atom. The number of rotatable bonds is 1. The highest BCUT2D eigenvalue weighted by molar-refractivity contribution is 5.92. The Hall–Kier alpha value is -2.30. The zero-order valence-electron chi connectivity index (χ0n) is 20.8. The smallest absolute Gasteiger partial charge is 0.155 e. The molecule has 4 heteroatoms. The number of hydrogen-bond donors (Lipinski definition) is 2. The van der Waals surface area contributed by atoms with Crippen LogP contribution in [0.5, 0.6) is 0 Å².